The summed E-state index contributed by atoms with van der Waals surface area (Å²) in [4.78, 5) is 4.52. The van der Waals surface area contributed by atoms with Crippen LogP contribution >= 0.6 is 22.6 Å². The number of nitrogens with zero attached hydrogens (tertiary/aromatic N) is 1. The second-order valence-corrected chi connectivity index (χ2v) is 4.33. The van der Waals surface area contributed by atoms with E-state index in [0.717, 1.165) is 9.22 Å². The fourth-order valence-electron chi connectivity index (χ4n) is 1.47. The Morgan fingerprint density at radius 2 is 1.69 bits per heavy atom. The number of aryl methyl sites for hydroxylation is 2. The van der Waals surface area contributed by atoms with Crippen LogP contribution in [0.5, 0.6) is 0 Å². The maximum atomic E-state index is 4.52. The van der Waals surface area contributed by atoms with Gasteiger partial charge >= 0.3 is 0 Å². The van der Waals surface area contributed by atoms with Gasteiger partial charge in [-0.05, 0) is 59.7 Å². The van der Waals surface area contributed by atoms with Gasteiger partial charge in [0, 0.05) is 5.39 Å². The topological polar surface area (TPSA) is 12.9 Å². The van der Waals surface area contributed by atoms with Crippen LogP contribution in [0.15, 0.2) is 24.3 Å². The van der Waals surface area contributed by atoms with E-state index in [0.29, 0.717) is 0 Å². The highest BCUT2D eigenvalue weighted by atomic mass is 127. The predicted octanol–water partition coefficient (Wildman–Crippen LogP) is 3.46. The van der Waals surface area contributed by atoms with Gasteiger partial charge in [-0.15, -0.1) is 0 Å². The van der Waals surface area contributed by atoms with Gasteiger partial charge in [-0.25, -0.2) is 4.98 Å². The quantitative estimate of drug-likeness (QED) is 0.533. The second kappa shape index (κ2) is 3.25. The Bertz CT molecular complexity index is 463. The first-order valence-electron chi connectivity index (χ1n) is 4.21. The van der Waals surface area contributed by atoms with Gasteiger partial charge in [0.1, 0.15) is 3.70 Å². The molecule has 0 unspecified atom stereocenters. The molecule has 0 radical (unpaired) electrons. The Balaban J connectivity index is 2.92. The lowest BCUT2D eigenvalue weighted by atomic mass is 10.1. The third-order valence-electron chi connectivity index (χ3n) is 2.24. The van der Waals surface area contributed by atoms with Crippen molar-refractivity contribution in [2.24, 2.45) is 0 Å². The number of rotatable bonds is 0. The van der Waals surface area contributed by atoms with Crippen LogP contribution in [0.25, 0.3) is 10.9 Å². The minimum absolute atomic E-state index is 1.05. The number of fused-ring (bicyclic) bond motifs is 1. The summed E-state index contributed by atoms with van der Waals surface area (Å²) in [6.07, 6.45) is 0. The third kappa shape index (κ3) is 1.55. The summed E-state index contributed by atoms with van der Waals surface area (Å²) in [6.45, 7) is 4.22. The Kier molecular flexibility index (Phi) is 2.24. The first kappa shape index (κ1) is 8.94. The van der Waals surface area contributed by atoms with Gasteiger partial charge in [0.2, 0.25) is 0 Å². The molecule has 13 heavy (non-hydrogen) atoms. The molecule has 0 bridgehead atoms. The number of pyridine rings is 1. The van der Waals surface area contributed by atoms with E-state index in [1.54, 1.807) is 0 Å². The van der Waals surface area contributed by atoms with E-state index in [-0.39, 0.29) is 0 Å². The molecule has 0 aliphatic rings. The normalized spacial score (nSPS) is 10.7. The third-order valence-corrected chi connectivity index (χ3v) is 2.84. The largest absolute Gasteiger partial charge is 0.242 e. The molecule has 2 heteroatoms. The Morgan fingerprint density at radius 3 is 2.46 bits per heavy atom. The fourth-order valence-corrected chi connectivity index (χ4v) is 1.89. The van der Waals surface area contributed by atoms with Crippen LogP contribution in [0.4, 0.5) is 0 Å². The molecule has 1 heterocycles. The lowest BCUT2D eigenvalue weighted by molar-refractivity contribution is 1.30. The average molecular weight is 283 g/mol. The average Bonchev–Trinajstić information content (AvgIpc) is 2.12. The maximum Gasteiger partial charge on any atom is 0.102 e. The second-order valence-electron chi connectivity index (χ2n) is 3.23. The van der Waals surface area contributed by atoms with Gasteiger partial charge in [-0.1, -0.05) is 12.1 Å². The van der Waals surface area contributed by atoms with Crippen LogP contribution in [-0.2, 0) is 0 Å². The SMILES string of the molecule is Cc1ccc(C)c2nc(I)ccc12. The lowest BCUT2D eigenvalue weighted by Crippen LogP contribution is -1.88. The Labute approximate surface area is 91.3 Å². The summed E-state index contributed by atoms with van der Waals surface area (Å²) in [5.41, 5.74) is 3.68. The molecule has 0 saturated carbocycles. The fraction of sp³-hybridized carbons (Fsp3) is 0.182. The van der Waals surface area contributed by atoms with Crippen molar-refractivity contribution >= 4 is 33.5 Å². The van der Waals surface area contributed by atoms with Crippen LogP contribution in [-0.4, -0.2) is 4.98 Å². The van der Waals surface area contributed by atoms with E-state index in [4.69, 9.17) is 0 Å². The molecule has 0 fully saturated rings. The monoisotopic (exact) mass is 283 g/mol. The summed E-state index contributed by atoms with van der Waals surface area (Å²) < 4.78 is 1.05. The summed E-state index contributed by atoms with van der Waals surface area (Å²) in [5.74, 6) is 0. The zero-order valence-electron chi connectivity index (χ0n) is 7.63. The van der Waals surface area contributed by atoms with E-state index in [1.807, 2.05) is 0 Å². The molecule has 1 aromatic heterocycles. The smallest absolute Gasteiger partial charge is 0.102 e. The van der Waals surface area contributed by atoms with Gasteiger partial charge < -0.3 is 0 Å². The van der Waals surface area contributed by atoms with Gasteiger partial charge in [0.15, 0.2) is 0 Å². The van der Waals surface area contributed by atoms with Crippen molar-refractivity contribution in [1.82, 2.24) is 4.98 Å². The summed E-state index contributed by atoms with van der Waals surface area (Å²) in [5, 5.41) is 1.26. The van der Waals surface area contributed by atoms with Crippen molar-refractivity contribution < 1.29 is 0 Å². The number of hydrogen-bond acceptors (Lipinski definition) is 1. The molecule has 0 atom stereocenters. The molecule has 0 aliphatic heterocycles. The van der Waals surface area contributed by atoms with Crippen molar-refractivity contribution in [2.45, 2.75) is 13.8 Å². The Hall–Kier alpha value is -0.640. The highest BCUT2D eigenvalue weighted by Crippen LogP contribution is 2.20. The van der Waals surface area contributed by atoms with E-state index >= 15 is 0 Å². The van der Waals surface area contributed by atoms with Crippen LogP contribution < -0.4 is 0 Å². The zero-order valence-corrected chi connectivity index (χ0v) is 9.79. The molecule has 2 aromatic rings. The van der Waals surface area contributed by atoms with Crippen molar-refractivity contribution in [1.29, 1.82) is 0 Å². The zero-order chi connectivity index (χ0) is 9.42. The molecule has 66 valence electrons. The van der Waals surface area contributed by atoms with Gasteiger partial charge in [-0.2, -0.15) is 0 Å². The number of aromatic nitrogens is 1. The molecule has 0 N–H and O–H groups in total. The number of halogens is 1. The predicted molar refractivity (Wildman–Crippen MR) is 63.9 cm³/mol. The van der Waals surface area contributed by atoms with Crippen LogP contribution in [0, 0.1) is 17.5 Å². The molecular formula is C11H10IN. The van der Waals surface area contributed by atoms with E-state index < -0.39 is 0 Å². The van der Waals surface area contributed by atoms with Crippen LogP contribution in [0.3, 0.4) is 0 Å². The molecule has 2 rings (SSSR count). The van der Waals surface area contributed by atoms with E-state index in [9.17, 15) is 0 Å². The first-order valence-corrected chi connectivity index (χ1v) is 5.29. The number of hydrogen-bond donors (Lipinski definition) is 0. The lowest BCUT2D eigenvalue weighted by Gasteiger charge is -2.04. The maximum absolute atomic E-state index is 4.52. The van der Waals surface area contributed by atoms with Crippen molar-refractivity contribution in [3.05, 3.63) is 39.1 Å². The minimum Gasteiger partial charge on any atom is -0.242 e. The summed E-state index contributed by atoms with van der Waals surface area (Å²) in [7, 11) is 0. The number of benzene rings is 1. The molecule has 1 nitrogen and oxygen atoms in total. The summed E-state index contributed by atoms with van der Waals surface area (Å²) in [6, 6.07) is 8.47. The van der Waals surface area contributed by atoms with Crippen molar-refractivity contribution in [2.75, 3.05) is 0 Å². The van der Waals surface area contributed by atoms with E-state index in [1.165, 1.54) is 16.5 Å². The molecule has 0 amide bonds. The standard InChI is InChI=1S/C11H10IN/c1-7-3-4-8(2)11-9(7)5-6-10(12)13-11/h3-6H,1-2H3. The molecular weight excluding hydrogens is 273 g/mol. The van der Waals surface area contributed by atoms with Gasteiger partial charge in [0.05, 0.1) is 5.52 Å². The molecule has 1 aromatic carbocycles. The molecule has 0 spiro atoms. The van der Waals surface area contributed by atoms with Crippen molar-refractivity contribution in [3.8, 4) is 0 Å². The van der Waals surface area contributed by atoms with Crippen molar-refractivity contribution in [3.63, 3.8) is 0 Å². The minimum atomic E-state index is 1.05. The van der Waals surface area contributed by atoms with Crippen LogP contribution in [0.2, 0.25) is 0 Å². The first-order chi connectivity index (χ1) is 6.18. The molecule has 0 aliphatic carbocycles. The van der Waals surface area contributed by atoms with Gasteiger partial charge in [-0.3, -0.25) is 0 Å². The van der Waals surface area contributed by atoms with E-state index in [2.05, 4.69) is 65.7 Å². The summed E-state index contributed by atoms with van der Waals surface area (Å²) >= 11 is 2.25. The Morgan fingerprint density at radius 1 is 1.00 bits per heavy atom. The highest BCUT2D eigenvalue weighted by molar-refractivity contribution is 14.1. The van der Waals surface area contributed by atoms with Crippen LogP contribution in [0.1, 0.15) is 11.1 Å². The molecule has 0 saturated heterocycles. The highest BCUT2D eigenvalue weighted by Gasteiger charge is 2.01. The van der Waals surface area contributed by atoms with Gasteiger partial charge in [0.25, 0.3) is 0 Å².